The number of nitrogens with two attached hydrogens (primary N) is 1. The Morgan fingerprint density at radius 1 is 1.21 bits per heavy atom. The third-order valence-corrected chi connectivity index (χ3v) is 5.52. The van der Waals surface area contributed by atoms with E-state index in [0.717, 1.165) is 32.5 Å². The van der Waals surface area contributed by atoms with Gasteiger partial charge in [-0.3, -0.25) is 14.5 Å². The average molecular weight is 403 g/mol. The van der Waals surface area contributed by atoms with Gasteiger partial charge in [0.05, 0.1) is 5.02 Å². The number of nitrogens with zero attached hydrogens (tertiary/aromatic N) is 1. The highest BCUT2D eigenvalue weighted by molar-refractivity contribution is 6.33. The molecule has 150 valence electrons. The van der Waals surface area contributed by atoms with Crippen molar-refractivity contribution < 1.29 is 4.79 Å². The number of aromatic nitrogens is 1. The normalized spacial score (nSPS) is 15.5. The second kappa shape index (κ2) is 8.80. The molecule has 1 aliphatic rings. The molecular formula is C21H27ClN4O2. The number of anilines is 1. The number of halogens is 1. The highest BCUT2D eigenvalue weighted by atomic mass is 35.5. The quantitative estimate of drug-likeness (QED) is 0.717. The van der Waals surface area contributed by atoms with Crippen LogP contribution >= 0.6 is 11.6 Å². The maximum Gasteiger partial charge on any atom is 0.262 e. The number of amides is 1. The fourth-order valence-electron chi connectivity index (χ4n) is 3.79. The first-order valence-corrected chi connectivity index (χ1v) is 9.95. The summed E-state index contributed by atoms with van der Waals surface area (Å²) >= 11 is 5.90. The van der Waals surface area contributed by atoms with E-state index >= 15 is 0 Å². The van der Waals surface area contributed by atoms with Crippen molar-refractivity contribution >= 4 is 23.3 Å². The summed E-state index contributed by atoms with van der Waals surface area (Å²) in [5.74, 6) is 0.0583. The van der Waals surface area contributed by atoms with Crippen molar-refractivity contribution in [3.8, 4) is 0 Å². The molecule has 6 nitrogen and oxygen atoms in total. The van der Waals surface area contributed by atoms with Crippen LogP contribution in [0.1, 0.15) is 39.9 Å². The lowest BCUT2D eigenvalue weighted by atomic mass is 9.96. The number of aryl methyl sites for hydroxylation is 2. The first kappa shape index (κ1) is 20.4. The van der Waals surface area contributed by atoms with Crippen molar-refractivity contribution in [1.29, 1.82) is 0 Å². The molecule has 0 bridgehead atoms. The van der Waals surface area contributed by atoms with Gasteiger partial charge in [0.25, 0.3) is 11.5 Å². The molecule has 1 aliphatic heterocycles. The molecule has 0 saturated carbocycles. The SMILES string of the molecule is Cc1cc(C)cc(CN2CCC(CNC(=O)c3cc(Cl)c(N)[nH]c3=O)CC2)c1. The monoisotopic (exact) mass is 402 g/mol. The Labute approximate surface area is 170 Å². The zero-order valence-corrected chi connectivity index (χ0v) is 17.1. The van der Waals surface area contributed by atoms with Gasteiger partial charge in [-0.15, -0.1) is 0 Å². The van der Waals surface area contributed by atoms with Gasteiger partial charge in [-0.2, -0.15) is 0 Å². The van der Waals surface area contributed by atoms with Crippen molar-refractivity contribution in [2.24, 2.45) is 5.92 Å². The van der Waals surface area contributed by atoms with E-state index in [-0.39, 0.29) is 16.4 Å². The number of nitrogens with one attached hydrogen (secondary N) is 2. The van der Waals surface area contributed by atoms with Crippen LogP contribution in [-0.4, -0.2) is 35.4 Å². The molecule has 1 aromatic carbocycles. The summed E-state index contributed by atoms with van der Waals surface area (Å²) < 4.78 is 0. The van der Waals surface area contributed by atoms with Crippen LogP contribution < -0.4 is 16.6 Å². The number of rotatable bonds is 5. The third-order valence-electron chi connectivity index (χ3n) is 5.21. The van der Waals surface area contributed by atoms with Gasteiger partial charge >= 0.3 is 0 Å². The molecule has 2 aromatic rings. The predicted octanol–water partition coefficient (Wildman–Crippen LogP) is 2.87. The largest absolute Gasteiger partial charge is 0.384 e. The van der Waals surface area contributed by atoms with Crippen molar-refractivity contribution in [1.82, 2.24) is 15.2 Å². The number of aromatic amines is 1. The molecule has 0 spiro atoms. The first-order valence-electron chi connectivity index (χ1n) is 9.58. The van der Waals surface area contributed by atoms with Crippen molar-refractivity contribution in [3.63, 3.8) is 0 Å². The van der Waals surface area contributed by atoms with E-state index in [1.165, 1.54) is 22.8 Å². The summed E-state index contributed by atoms with van der Waals surface area (Å²) in [6.45, 7) is 7.78. The maximum atomic E-state index is 12.3. The summed E-state index contributed by atoms with van der Waals surface area (Å²) in [5.41, 5.74) is 8.95. The number of nitrogen functional groups attached to an aromatic ring is 1. The molecule has 0 radical (unpaired) electrons. The Kier molecular flexibility index (Phi) is 6.42. The Hall–Kier alpha value is -2.31. The van der Waals surface area contributed by atoms with Crippen molar-refractivity contribution in [2.75, 3.05) is 25.4 Å². The summed E-state index contributed by atoms with van der Waals surface area (Å²) in [4.78, 5) is 29.0. The van der Waals surface area contributed by atoms with Crippen LogP contribution in [0.3, 0.4) is 0 Å². The van der Waals surface area contributed by atoms with Gasteiger partial charge in [0.15, 0.2) is 0 Å². The first-order chi connectivity index (χ1) is 13.3. The fraction of sp³-hybridized carbons (Fsp3) is 0.429. The second-order valence-electron chi connectivity index (χ2n) is 7.70. The molecule has 2 heterocycles. The van der Waals surface area contributed by atoms with Crippen LogP contribution in [0.15, 0.2) is 29.1 Å². The van der Waals surface area contributed by atoms with Gasteiger partial charge in [-0.05, 0) is 57.3 Å². The van der Waals surface area contributed by atoms with Gasteiger partial charge in [0.1, 0.15) is 11.4 Å². The highest BCUT2D eigenvalue weighted by Gasteiger charge is 2.21. The third kappa shape index (κ3) is 5.14. The topological polar surface area (TPSA) is 91.2 Å². The van der Waals surface area contributed by atoms with E-state index in [4.69, 9.17) is 17.3 Å². The molecule has 7 heteroatoms. The van der Waals surface area contributed by atoms with E-state index < -0.39 is 11.5 Å². The van der Waals surface area contributed by atoms with Gasteiger partial charge in [0, 0.05) is 13.1 Å². The lowest BCUT2D eigenvalue weighted by Gasteiger charge is -2.32. The molecule has 1 amide bonds. The lowest BCUT2D eigenvalue weighted by Crippen LogP contribution is -2.39. The number of carbonyl (C=O) groups is 1. The van der Waals surface area contributed by atoms with E-state index in [1.807, 2.05) is 0 Å². The summed E-state index contributed by atoms with van der Waals surface area (Å²) in [6, 6.07) is 8.00. The van der Waals surface area contributed by atoms with E-state index in [9.17, 15) is 9.59 Å². The minimum atomic E-state index is -0.525. The molecule has 3 rings (SSSR count). The molecule has 1 aromatic heterocycles. The van der Waals surface area contributed by atoms with Gasteiger partial charge < -0.3 is 16.0 Å². The van der Waals surface area contributed by atoms with E-state index in [1.54, 1.807) is 0 Å². The minimum Gasteiger partial charge on any atom is -0.384 e. The van der Waals surface area contributed by atoms with Crippen molar-refractivity contribution in [3.05, 3.63) is 61.9 Å². The highest BCUT2D eigenvalue weighted by Crippen LogP contribution is 2.20. The number of hydrogen-bond acceptors (Lipinski definition) is 4. The van der Waals surface area contributed by atoms with Gasteiger partial charge in [-0.1, -0.05) is 40.9 Å². The molecule has 0 aliphatic carbocycles. The number of hydrogen-bond donors (Lipinski definition) is 3. The standard InChI is InChI=1S/C21H27ClN4O2/c1-13-7-14(2)9-16(8-13)12-26-5-3-15(4-6-26)11-24-20(27)17-10-18(22)19(23)25-21(17)28/h7-10,15H,3-6,11-12H2,1-2H3,(H,24,27)(H3,23,25,28). The van der Waals surface area contributed by atoms with Crippen LogP contribution in [0.2, 0.25) is 5.02 Å². The molecule has 4 N–H and O–H groups in total. The van der Waals surface area contributed by atoms with Gasteiger partial charge in [0.2, 0.25) is 0 Å². The van der Waals surface area contributed by atoms with Gasteiger partial charge in [-0.25, -0.2) is 0 Å². The second-order valence-corrected chi connectivity index (χ2v) is 8.11. The molecule has 0 atom stereocenters. The van der Waals surface area contributed by atoms with Crippen LogP contribution in [0.25, 0.3) is 0 Å². The average Bonchev–Trinajstić information content (AvgIpc) is 2.63. The number of benzene rings is 1. The van der Waals surface area contributed by atoms with Crippen LogP contribution in [0.5, 0.6) is 0 Å². The Morgan fingerprint density at radius 3 is 2.50 bits per heavy atom. The van der Waals surface area contributed by atoms with Crippen LogP contribution in [0, 0.1) is 19.8 Å². The Morgan fingerprint density at radius 2 is 1.86 bits per heavy atom. The summed E-state index contributed by atoms with van der Waals surface area (Å²) in [7, 11) is 0. The fourth-order valence-corrected chi connectivity index (χ4v) is 3.94. The summed E-state index contributed by atoms with van der Waals surface area (Å²) in [6.07, 6.45) is 2.04. The molecule has 1 fully saturated rings. The molecule has 0 unspecified atom stereocenters. The van der Waals surface area contributed by atoms with E-state index in [2.05, 4.69) is 47.2 Å². The number of likely N-dealkylation sites (tertiary alicyclic amines) is 1. The molecular weight excluding hydrogens is 376 g/mol. The smallest absolute Gasteiger partial charge is 0.262 e. The number of pyridine rings is 1. The number of piperidine rings is 1. The molecule has 28 heavy (non-hydrogen) atoms. The zero-order valence-electron chi connectivity index (χ0n) is 16.3. The predicted molar refractivity (Wildman–Crippen MR) is 113 cm³/mol. The lowest BCUT2D eigenvalue weighted by molar-refractivity contribution is 0.0933. The number of carbonyl (C=O) groups excluding carboxylic acids is 1. The zero-order chi connectivity index (χ0) is 20.3. The Bertz CT molecular complexity index is 897. The minimum absolute atomic E-state index is 0.00791. The van der Waals surface area contributed by atoms with Crippen molar-refractivity contribution in [2.45, 2.75) is 33.2 Å². The molecule has 1 saturated heterocycles. The maximum absolute atomic E-state index is 12.3. The number of H-pyrrole nitrogens is 1. The van der Waals surface area contributed by atoms with E-state index in [0.29, 0.717) is 12.5 Å². The van der Waals surface area contributed by atoms with Crippen LogP contribution in [-0.2, 0) is 6.54 Å². The van der Waals surface area contributed by atoms with Crippen LogP contribution in [0.4, 0.5) is 5.82 Å². The summed E-state index contributed by atoms with van der Waals surface area (Å²) in [5, 5.41) is 3.03. The Balaban J connectivity index is 1.49.